The van der Waals surface area contributed by atoms with E-state index in [1.54, 1.807) is 0 Å². The Morgan fingerprint density at radius 3 is 2.37 bits per heavy atom. The minimum atomic E-state index is -4.01. The van der Waals surface area contributed by atoms with Crippen LogP contribution in [-0.4, -0.2) is 18.8 Å². The molecular weight excluding hydrogens is 251 g/mol. The van der Waals surface area contributed by atoms with Gasteiger partial charge in [-0.2, -0.15) is 13.2 Å². The molecule has 3 atom stereocenters. The summed E-state index contributed by atoms with van der Waals surface area (Å²) in [4.78, 5) is 0. The monoisotopic (exact) mass is 279 g/mol. The van der Waals surface area contributed by atoms with E-state index in [1.165, 1.54) is 0 Å². The first-order valence-corrected chi connectivity index (χ1v) is 7.64. The average Bonchev–Trinajstić information content (AvgIpc) is 2.33. The molecule has 0 saturated heterocycles. The van der Waals surface area contributed by atoms with Crippen LogP contribution in [0.5, 0.6) is 0 Å². The molecule has 0 amide bonds. The van der Waals surface area contributed by atoms with Gasteiger partial charge in [-0.3, -0.25) is 0 Å². The summed E-state index contributed by atoms with van der Waals surface area (Å²) in [6.07, 6.45) is 0.391. The van der Waals surface area contributed by atoms with Crippen LogP contribution in [0.4, 0.5) is 13.2 Å². The van der Waals surface area contributed by atoms with E-state index in [0.717, 1.165) is 32.2 Å². The van der Waals surface area contributed by atoms with Crippen molar-refractivity contribution in [3.05, 3.63) is 0 Å². The minimum Gasteiger partial charge on any atom is -0.314 e. The van der Waals surface area contributed by atoms with Gasteiger partial charge in [0.25, 0.3) is 0 Å². The molecule has 0 heterocycles. The summed E-state index contributed by atoms with van der Waals surface area (Å²) in [7, 11) is 0. The highest BCUT2D eigenvalue weighted by atomic mass is 19.4. The van der Waals surface area contributed by atoms with Gasteiger partial charge in [0.15, 0.2) is 0 Å². The molecule has 19 heavy (non-hydrogen) atoms. The predicted molar refractivity (Wildman–Crippen MR) is 73.0 cm³/mol. The van der Waals surface area contributed by atoms with Crippen molar-refractivity contribution in [2.45, 2.75) is 71.5 Å². The van der Waals surface area contributed by atoms with Gasteiger partial charge in [0.2, 0.25) is 0 Å². The lowest BCUT2D eigenvalue weighted by Gasteiger charge is -2.36. The smallest absolute Gasteiger partial charge is 0.314 e. The number of nitrogens with one attached hydrogen (secondary N) is 1. The first-order chi connectivity index (χ1) is 8.84. The Labute approximate surface area is 115 Å². The topological polar surface area (TPSA) is 12.0 Å². The van der Waals surface area contributed by atoms with Gasteiger partial charge in [0, 0.05) is 6.04 Å². The lowest BCUT2D eigenvalue weighted by atomic mass is 9.76. The van der Waals surface area contributed by atoms with E-state index in [9.17, 15) is 13.2 Å². The number of rotatable bonds is 6. The van der Waals surface area contributed by atoms with Gasteiger partial charge in [0.05, 0.1) is 5.92 Å². The van der Waals surface area contributed by atoms with E-state index in [2.05, 4.69) is 19.2 Å². The summed E-state index contributed by atoms with van der Waals surface area (Å²) >= 11 is 0. The predicted octanol–water partition coefficient (Wildman–Crippen LogP) is 4.77. The molecule has 1 N–H and O–H groups in total. The highest BCUT2D eigenvalue weighted by molar-refractivity contribution is 4.85. The van der Waals surface area contributed by atoms with Gasteiger partial charge in [-0.25, -0.2) is 0 Å². The van der Waals surface area contributed by atoms with Crippen molar-refractivity contribution in [2.75, 3.05) is 6.54 Å². The van der Waals surface area contributed by atoms with E-state index in [-0.39, 0.29) is 12.0 Å². The molecule has 1 aliphatic rings. The highest BCUT2D eigenvalue weighted by Crippen LogP contribution is 2.41. The molecule has 0 aromatic rings. The zero-order valence-electron chi connectivity index (χ0n) is 12.4. The van der Waals surface area contributed by atoms with Gasteiger partial charge in [-0.05, 0) is 50.5 Å². The number of hydrogen-bond acceptors (Lipinski definition) is 1. The maximum atomic E-state index is 12.9. The van der Waals surface area contributed by atoms with Crippen molar-refractivity contribution in [1.29, 1.82) is 0 Å². The molecule has 1 fully saturated rings. The molecule has 3 unspecified atom stereocenters. The SMILES string of the molecule is CCNC(CCC(C)C)C1CCCC(C(F)(F)F)C1. The fraction of sp³-hybridized carbons (Fsp3) is 1.00. The average molecular weight is 279 g/mol. The van der Waals surface area contributed by atoms with E-state index in [0.29, 0.717) is 18.8 Å². The minimum absolute atomic E-state index is 0.194. The third kappa shape index (κ3) is 5.72. The summed E-state index contributed by atoms with van der Waals surface area (Å²) in [5, 5.41) is 3.41. The molecular formula is C15H28F3N. The van der Waals surface area contributed by atoms with Gasteiger partial charge in [0.1, 0.15) is 0 Å². The Bertz CT molecular complexity index is 250. The van der Waals surface area contributed by atoms with Crippen LogP contribution in [0.3, 0.4) is 0 Å². The Morgan fingerprint density at radius 2 is 1.84 bits per heavy atom. The van der Waals surface area contributed by atoms with E-state index < -0.39 is 12.1 Å². The summed E-state index contributed by atoms with van der Waals surface area (Å²) in [6.45, 7) is 7.22. The van der Waals surface area contributed by atoms with Crippen LogP contribution in [-0.2, 0) is 0 Å². The molecule has 0 aliphatic heterocycles. The number of alkyl halides is 3. The quantitative estimate of drug-likeness (QED) is 0.738. The van der Waals surface area contributed by atoms with Gasteiger partial charge in [-0.1, -0.05) is 27.2 Å². The lowest BCUT2D eigenvalue weighted by molar-refractivity contribution is -0.186. The molecule has 4 heteroatoms. The lowest BCUT2D eigenvalue weighted by Crippen LogP contribution is -2.41. The Balaban J connectivity index is 2.57. The zero-order valence-corrected chi connectivity index (χ0v) is 12.4. The van der Waals surface area contributed by atoms with Gasteiger partial charge < -0.3 is 5.32 Å². The molecule has 1 rings (SSSR count). The van der Waals surface area contributed by atoms with Crippen LogP contribution in [0.25, 0.3) is 0 Å². The van der Waals surface area contributed by atoms with Crippen LogP contribution >= 0.6 is 0 Å². The number of hydrogen-bond donors (Lipinski definition) is 1. The van der Waals surface area contributed by atoms with Crippen molar-refractivity contribution >= 4 is 0 Å². The Hall–Kier alpha value is -0.250. The zero-order chi connectivity index (χ0) is 14.5. The van der Waals surface area contributed by atoms with Gasteiger partial charge in [-0.15, -0.1) is 0 Å². The maximum absolute atomic E-state index is 12.9. The first kappa shape index (κ1) is 16.8. The molecule has 114 valence electrons. The van der Waals surface area contributed by atoms with Crippen LogP contribution in [0.15, 0.2) is 0 Å². The summed E-state index contributed by atoms with van der Waals surface area (Å²) in [6, 6.07) is 0.262. The van der Waals surface area contributed by atoms with Crippen molar-refractivity contribution in [3.63, 3.8) is 0 Å². The van der Waals surface area contributed by atoms with Crippen LogP contribution in [0.1, 0.15) is 59.3 Å². The van der Waals surface area contributed by atoms with Crippen LogP contribution < -0.4 is 5.32 Å². The standard InChI is InChI=1S/C15H28F3N/c1-4-19-14(9-8-11(2)3)12-6-5-7-13(10-12)15(16,17)18/h11-14,19H,4-10H2,1-3H3. The fourth-order valence-corrected chi connectivity index (χ4v) is 3.17. The second-order valence-electron chi connectivity index (χ2n) is 6.30. The molecule has 1 saturated carbocycles. The van der Waals surface area contributed by atoms with Crippen molar-refractivity contribution in [1.82, 2.24) is 5.32 Å². The third-order valence-corrected chi connectivity index (χ3v) is 4.27. The third-order valence-electron chi connectivity index (χ3n) is 4.27. The molecule has 0 bridgehead atoms. The molecule has 0 aromatic heterocycles. The summed E-state index contributed by atoms with van der Waals surface area (Å²) in [5.41, 5.74) is 0. The summed E-state index contributed by atoms with van der Waals surface area (Å²) in [5.74, 6) is -0.270. The van der Waals surface area contributed by atoms with E-state index >= 15 is 0 Å². The van der Waals surface area contributed by atoms with Crippen molar-refractivity contribution < 1.29 is 13.2 Å². The second-order valence-corrected chi connectivity index (χ2v) is 6.30. The summed E-state index contributed by atoms with van der Waals surface area (Å²) < 4.78 is 38.6. The molecule has 0 aromatic carbocycles. The first-order valence-electron chi connectivity index (χ1n) is 7.64. The molecule has 1 nitrogen and oxygen atoms in total. The Morgan fingerprint density at radius 1 is 1.16 bits per heavy atom. The Kier molecular flexibility index (Phi) is 6.64. The van der Waals surface area contributed by atoms with Crippen LogP contribution in [0, 0.1) is 17.8 Å². The van der Waals surface area contributed by atoms with Crippen LogP contribution in [0.2, 0.25) is 0 Å². The maximum Gasteiger partial charge on any atom is 0.391 e. The highest BCUT2D eigenvalue weighted by Gasteiger charge is 2.43. The second kappa shape index (κ2) is 7.51. The number of halogens is 3. The van der Waals surface area contributed by atoms with Gasteiger partial charge >= 0.3 is 6.18 Å². The largest absolute Gasteiger partial charge is 0.391 e. The fourth-order valence-electron chi connectivity index (χ4n) is 3.17. The van der Waals surface area contributed by atoms with Crippen molar-refractivity contribution in [3.8, 4) is 0 Å². The molecule has 0 radical (unpaired) electrons. The normalized spacial score (nSPS) is 26.7. The van der Waals surface area contributed by atoms with Crippen molar-refractivity contribution in [2.24, 2.45) is 17.8 Å². The van der Waals surface area contributed by atoms with E-state index in [4.69, 9.17) is 0 Å². The molecule has 1 aliphatic carbocycles. The van der Waals surface area contributed by atoms with E-state index in [1.807, 2.05) is 6.92 Å². The molecule has 0 spiro atoms.